The maximum atomic E-state index is 5.20. The van der Waals surface area contributed by atoms with Crippen molar-refractivity contribution in [1.82, 2.24) is 10.2 Å². The van der Waals surface area contributed by atoms with E-state index in [1.54, 1.807) is 7.11 Å². The van der Waals surface area contributed by atoms with Crippen LogP contribution in [0.2, 0.25) is 0 Å². The van der Waals surface area contributed by atoms with Gasteiger partial charge in [-0.3, -0.25) is 4.90 Å². The van der Waals surface area contributed by atoms with E-state index >= 15 is 0 Å². The van der Waals surface area contributed by atoms with E-state index < -0.39 is 0 Å². The summed E-state index contributed by atoms with van der Waals surface area (Å²) in [5.41, 5.74) is 1.34. The Balaban J connectivity index is 1.74. The van der Waals surface area contributed by atoms with Gasteiger partial charge in [-0.05, 0) is 44.5 Å². The molecule has 1 aromatic rings. The fourth-order valence-electron chi connectivity index (χ4n) is 2.97. The molecule has 3 heteroatoms. The van der Waals surface area contributed by atoms with Gasteiger partial charge in [0.2, 0.25) is 0 Å². The number of nitrogens with zero attached hydrogens (tertiary/aromatic N) is 1. The van der Waals surface area contributed by atoms with Gasteiger partial charge in [-0.25, -0.2) is 0 Å². The Bertz CT molecular complexity index is 398. The Morgan fingerprint density at radius 1 is 1.19 bits per heavy atom. The summed E-state index contributed by atoms with van der Waals surface area (Å²) in [5, 5.41) is 3.74. The molecule has 0 aliphatic heterocycles. The van der Waals surface area contributed by atoms with Gasteiger partial charge in [0.25, 0.3) is 0 Å². The number of rotatable bonds is 7. The van der Waals surface area contributed by atoms with E-state index in [-0.39, 0.29) is 0 Å². The van der Waals surface area contributed by atoms with Gasteiger partial charge in [0, 0.05) is 25.2 Å². The molecule has 0 spiro atoms. The highest BCUT2D eigenvalue weighted by atomic mass is 16.5. The van der Waals surface area contributed by atoms with E-state index in [9.17, 15) is 0 Å². The van der Waals surface area contributed by atoms with Crippen LogP contribution in [-0.4, -0.2) is 37.7 Å². The number of methoxy groups -OCH3 is 1. The molecular formula is C18H30N2O. The van der Waals surface area contributed by atoms with Gasteiger partial charge in [-0.15, -0.1) is 0 Å². The molecule has 118 valence electrons. The van der Waals surface area contributed by atoms with Gasteiger partial charge < -0.3 is 10.1 Å². The van der Waals surface area contributed by atoms with Crippen LogP contribution in [0.15, 0.2) is 24.3 Å². The summed E-state index contributed by atoms with van der Waals surface area (Å²) >= 11 is 0. The third kappa shape index (κ3) is 5.33. The van der Waals surface area contributed by atoms with Gasteiger partial charge in [0.1, 0.15) is 5.75 Å². The van der Waals surface area contributed by atoms with Crippen molar-refractivity contribution in [2.75, 3.05) is 20.7 Å². The number of hydrogen-bond donors (Lipinski definition) is 1. The van der Waals surface area contributed by atoms with Crippen molar-refractivity contribution in [3.8, 4) is 5.75 Å². The van der Waals surface area contributed by atoms with Crippen LogP contribution < -0.4 is 10.1 Å². The van der Waals surface area contributed by atoms with E-state index in [4.69, 9.17) is 4.74 Å². The lowest BCUT2D eigenvalue weighted by Gasteiger charge is -2.29. The molecule has 1 aliphatic carbocycles. The second-order valence-electron chi connectivity index (χ2n) is 6.36. The second-order valence-corrected chi connectivity index (χ2v) is 6.36. The maximum absolute atomic E-state index is 5.20. The Morgan fingerprint density at radius 2 is 1.86 bits per heavy atom. The lowest BCUT2D eigenvalue weighted by molar-refractivity contribution is 0.230. The van der Waals surface area contributed by atoms with Crippen LogP contribution in [-0.2, 0) is 6.54 Å². The highest BCUT2D eigenvalue weighted by Gasteiger charge is 2.15. The molecule has 0 aromatic heterocycles. The van der Waals surface area contributed by atoms with E-state index in [1.165, 1.54) is 37.7 Å². The first-order valence-corrected chi connectivity index (χ1v) is 8.25. The average molecular weight is 290 g/mol. The van der Waals surface area contributed by atoms with Crippen molar-refractivity contribution < 1.29 is 4.74 Å². The van der Waals surface area contributed by atoms with Crippen LogP contribution in [0.3, 0.4) is 0 Å². The number of likely N-dealkylation sites (N-methyl/N-ethyl adjacent to an activating group) is 1. The summed E-state index contributed by atoms with van der Waals surface area (Å²) in [4.78, 5) is 2.41. The summed E-state index contributed by atoms with van der Waals surface area (Å²) in [5.74, 6) is 0.924. The zero-order valence-corrected chi connectivity index (χ0v) is 13.8. The molecule has 1 atom stereocenters. The number of ether oxygens (including phenoxy) is 1. The molecule has 0 amide bonds. The summed E-state index contributed by atoms with van der Waals surface area (Å²) < 4.78 is 5.20. The van der Waals surface area contributed by atoms with E-state index in [0.717, 1.165) is 24.9 Å². The van der Waals surface area contributed by atoms with Crippen LogP contribution in [0.5, 0.6) is 5.75 Å². The molecule has 0 heterocycles. The third-order valence-corrected chi connectivity index (χ3v) is 4.65. The van der Waals surface area contributed by atoms with Gasteiger partial charge in [0.05, 0.1) is 7.11 Å². The van der Waals surface area contributed by atoms with Gasteiger partial charge >= 0.3 is 0 Å². The Hall–Kier alpha value is -1.06. The van der Waals surface area contributed by atoms with E-state index in [1.807, 2.05) is 12.1 Å². The first-order chi connectivity index (χ1) is 10.2. The van der Waals surface area contributed by atoms with Crippen LogP contribution >= 0.6 is 0 Å². The van der Waals surface area contributed by atoms with Crippen molar-refractivity contribution in [2.45, 2.75) is 57.7 Å². The fourth-order valence-corrected chi connectivity index (χ4v) is 2.97. The van der Waals surface area contributed by atoms with Crippen molar-refractivity contribution >= 4 is 0 Å². The predicted octanol–water partition coefficient (Wildman–Crippen LogP) is 3.44. The third-order valence-electron chi connectivity index (χ3n) is 4.65. The van der Waals surface area contributed by atoms with Gasteiger partial charge in [-0.1, -0.05) is 31.4 Å². The predicted molar refractivity (Wildman–Crippen MR) is 88.8 cm³/mol. The molecule has 0 bridgehead atoms. The van der Waals surface area contributed by atoms with E-state index in [0.29, 0.717) is 6.04 Å². The molecule has 1 saturated carbocycles. The Kier molecular flexibility index (Phi) is 6.52. The standard InChI is InChI=1S/C18H30N2O/c1-15(13-19-17-7-5-4-6-8-17)20(2)14-16-9-11-18(21-3)12-10-16/h9-12,15,17,19H,4-8,13-14H2,1-3H3. The average Bonchev–Trinajstić information content (AvgIpc) is 2.54. The molecule has 1 aliphatic rings. The maximum Gasteiger partial charge on any atom is 0.118 e. The largest absolute Gasteiger partial charge is 0.497 e. The normalized spacial score (nSPS) is 17.9. The number of benzene rings is 1. The number of nitrogens with one attached hydrogen (secondary N) is 1. The topological polar surface area (TPSA) is 24.5 Å². The van der Waals surface area contributed by atoms with Crippen LogP contribution in [0.4, 0.5) is 0 Å². The lowest BCUT2D eigenvalue weighted by atomic mass is 9.95. The molecule has 3 nitrogen and oxygen atoms in total. The molecule has 1 fully saturated rings. The van der Waals surface area contributed by atoms with Crippen molar-refractivity contribution in [3.63, 3.8) is 0 Å². The first kappa shape index (κ1) is 16.3. The van der Waals surface area contributed by atoms with Gasteiger partial charge in [-0.2, -0.15) is 0 Å². The SMILES string of the molecule is COc1ccc(CN(C)C(C)CNC2CCCCC2)cc1. The smallest absolute Gasteiger partial charge is 0.118 e. The zero-order valence-electron chi connectivity index (χ0n) is 13.8. The molecule has 0 saturated heterocycles. The van der Waals surface area contributed by atoms with E-state index in [2.05, 4.69) is 36.3 Å². The highest BCUT2D eigenvalue weighted by Crippen LogP contribution is 2.17. The minimum Gasteiger partial charge on any atom is -0.497 e. The Morgan fingerprint density at radius 3 is 2.48 bits per heavy atom. The quantitative estimate of drug-likeness (QED) is 0.832. The van der Waals surface area contributed by atoms with Crippen LogP contribution in [0, 0.1) is 0 Å². The molecule has 2 rings (SSSR count). The summed E-state index contributed by atoms with van der Waals surface area (Å²) in [7, 11) is 3.91. The lowest BCUT2D eigenvalue weighted by Crippen LogP contribution is -2.42. The van der Waals surface area contributed by atoms with Gasteiger partial charge in [0.15, 0.2) is 0 Å². The number of hydrogen-bond acceptors (Lipinski definition) is 3. The summed E-state index contributed by atoms with van der Waals surface area (Å²) in [6.07, 6.45) is 6.93. The summed E-state index contributed by atoms with van der Waals surface area (Å²) in [6.45, 7) is 4.37. The summed E-state index contributed by atoms with van der Waals surface area (Å²) in [6, 6.07) is 9.67. The van der Waals surface area contributed by atoms with Crippen molar-refractivity contribution in [1.29, 1.82) is 0 Å². The molecule has 0 radical (unpaired) electrons. The minimum absolute atomic E-state index is 0.550. The molecule has 21 heavy (non-hydrogen) atoms. The van der Waals surface area contributed by atoms with Crippen molar-refractivity contribution in [2.24, 2.45) is 0 Å². The molecule has 1 unspecified atom stereocenters. The monoisotopic (exact) mass is 290 g/mol. The fraction of sp³-hybridized carbons (Fsp3) is 0.667. The Labute approximate surface area is 129 Å². The van der Waals surface area contributed by atoms with Crippen LogP contribution in [0.1, 0.15) is 44.6 Å². The highest BCUT2D eigenvalue weighted by molar-refractivity contribution is 5.27. The molecule has 1 N–H and O–H groups in total. The first-order valence-electron chi connectivity index (χ1n) is 8.25. The zero-order chi connectivity index (χ0) is 15.1. The van der Waals surface area contributed by atoms with Crippen molar-refractivity contribution in [3.05, 3.63) is 29.8 Å². The van der Waals surface area contributed by atoms with Crippen LogP contribution in [0.25, 0.3) is 0 Å². The molecule has 1 aromatic carbocycles. The molecular weight excluding hydrogens is 260 g/mol. The second kappa shape index (κ2) is 8.40. The minimum atomic E-state index is 0.550.